The Morgan fingerprint density at radius 2 is 0.636 bits per heavy atom. The molecule has 0 aromatic carbocycles. The SMILES string of the molecule is C1=NCCN2CCN=Cc3cnnc(c3)C=NCCN(CCN=Cc3cc1cnn3)CCN=Cc1cc(cnn1)C=NCC2. The van der Waals surface area contributed by atoms with Crippen molar-refractivity contribution < 1.29 is 0 Å². The summed E-state index contributed by atoms with van der Waals surface area (Å²) in [5, 5.41) is 25.0. The Morgan fingerprint density at radius 3 is 0.932 bits per heavy atom. The van der Waals surface area contributed by atoms with Crippen LogP contribution in [0, 0.1) is 0 Å². The molecule has 0 saturated carbocycles. The largest absolute Gasteiger partial charge is 0.298 e. The van der Waals surface area contributed by atoms with Crippen LogP contribution in [0.1, 0.15) is 33.8 Å². The van der Waals surface area contributed by atoms with Crippen LogP contribution in [0.5, 0.6) is 0 Å². The summed E-state index contributed by atoms with van der Waals surface area (Å²) in [6.45, 7) is 8.20. The van der Waals surface area contributed by atoms with Gasteiger partial charge in [0.05, 0.1) is 57.9 Å². The average Bonchev–Trinajstić information content (AvgIpc) is 3.04. The molecule has 44 heavy (non-hydrogen) atoms. The summed E-state index contributed by atoms with van der Waals surface area (Å²) in [4.78, 5) is 32.4. The first-order valence-corrected chi connectivity index (χ1v) is 14.7. The Morgan fingerprint density at radius 1 is 0.364 bits per heavy atom. The Labute approximate surface area is 256 Å². The average molecular weight is 593 g/mol. The lowest BCUT2D eigenvalue weighted by molar-refractivity contribution is 0.298. The van der Waals surface area contributed by atoms with E-state index in [2.05, 4.69) is 70.3 Å². The van der Waals surface area contributed by atoms with E-state index < -0.39 is 0 Å². The van der Waals surface area contributed by atoms with Crippen LogP contribution in [0.3, 0.4) is 0 Å². The summed E-state index contributed by atoms with van der Waals surface area (Å²) >= 11 is 0. The molecule has 14 heteroatoms. The van der Waals surface area contributed by atoms with Crippen molar-refractivity contribution in [3.05, 3.63) is 70.6 Å². The lowest BCUT2D eigenvalue weighted by atomic mass is 10.3. The molecule has 0 fully saturated rings. The Kier molecular flexibility index (Phi) is 12.1. The highest BCUT2D eigenvalue weighted by atomic mass is 15.2. The minimum atomic E-state index is 0.600. The fourth-order valence-electron chi connectivity index (χ4n) is 4.45. The number of aromatic nitrogens is 6. The summed E-state index contributed by atoms with van der Waals surface area (Å²) in [7, 11) is 0. The lowest BCUT2D eigenvalue weighted by Crippen LogP contribution is -2.31. The second-order valence-electron chi connectivity index (χ2n) is 10.1. The van der Waals surface area contributed by atoms with Gasteiger partial charge in [0.25, 0.3) is 0 Å². The number of nitrogens with zero attached hydrogens (tertiary/aromatic N) is 14. The van der Waals surface area contributed by atoms with Gasteiger partial charge in [-0.05, 0) is 18.2 Å². The van der Waals surface area contributed by atoms with Crippen molar-refractivity contribution in [2.45, 2.75) is 0 Å². The second kappa shape index (κ2) is 17.3. The van der Waals surface area contributed by atoms with Crippen LogP contribution in [0.2, 0.25) is 0 Å². The first-order valence-electron chi connectivity index (χ1n) is 14.7. The smallest absolute Gasteiger partial charge is 0.104 e. The molecular weight excluding hydrogens is 556 g/mol. The van der Waals surface area contributed by atoms with Gasteiger partial charge < -0.3 is 0 Å². The predicted molar refractivity (Wildman–Crippen MR) is 174 cm³/mol. The molecule has 3 aliphatic rings. The van der Waals surface area contributed by atoms with E-state index in [1.807, 2.05) is 36.8 Å². The van der Waals surface area contributed by atoms with Crippen LogP contribution < -0.4 is 0 Å². The van der Waals surface area contributed by atoms with Gasteiger partial charge in [-0.15, -0.1) is 15.3 Å². The number of hydrogen-bond donors (Lipinski definition) is 0. The van der Waals surface area contributed by atoms with Crippen LogP contribution in [0.25, 0.3) is 0 Å². The zero-order valence-corrected chi connectivity index (χ0v) is 24.7. The highest BCUT2D eigenvalue weighted by Gasteiger charge is 2.06. The van der Waals surface area contributed by atoms with Crippen LogP contribution in [0.4, 0.5) is 0 Å². The van der Waals surface area contributed by atoms with Crippen molar-refractivity contribution in [1.82, 2.24) is 40.4 Å². The van der Waals surface area contributed by atoms with Crippen molar-refractivity contribution >= 4 is 37.3 Å². The molecule has 3 aliphatic heterocycles. The quantitative estimate of drug-likeness (QED) is 0.367. The number of rotatable bonds is 0. The third kappa shape index (κ3) is 10.8. The molecule has 0 amide bonds. The first kappa shape index (κ1) is 30.6. The van der Waals surface area contributed by atoms with Crippen LogP contribution >= 0.6 is 0 Å². The molecule has 0 saturated heterocycles. The fourth-order valence-corrected chi connectivity index (χ4v) is 4.45. The molecule has 0 N–H and O–H groups in total. The normalized spacial score (nSPS) is 20.5. The van der Waals surface area contributed by atoms with Crippen LogP contribution in [-0.2, 0) is 0 Å². The van der Waals surface area contributed by atoms with Gasteiger partial charge in [0.1, 0.15) is 17.1 Å². The van der Waals surface area contributed by atoms with E-state index in [1.54, 1.807) is 37.2 Å². The van der Waals surface area contributed by atoms with Gasteiger partial charge in [0.2, 0.25) is 0 Å². The first-order chi connectivity index (χ1) is 21.8. The van der Waals surface area contributed by atoms with Crippen molar-refractivity contribution in [3.8, 4) is 0 Å². The van der Waals surface area contributed by atoms with Crippen molar-refractivity contribution in [1.29, 1.82) is 0 Å². The Balaban J connectivity index is 1.41. The molecule has 0 aliphatic carbocycles. The van der Waals surface area contributed by atoms with Crippen LogP contribution in [-0.4, -0.2) is 156 Å². The molecule has 3 aromatic rings. The Bertz CT molecular complexity index is 1230. The van der Waals surface area contributed by atoms with E-state index in [4.69, 9.17) is 0 Å². The molecule has 14 nitrogen and oxygen atoms in total. The van der Waals surface area contributed by atoms with Crippen LogP contribution in [0.15, 0.2) is 66.7 Å². The summed E-state index contributed by atoms with van der Waals surface area (Å²) in [6.07, 6.45) is 15.9. The van der Waals surface area contributed by atoms with Gasteiger partial charge in [-0.3, -0.25) is 39.8 Å². The van der Waals surface area contributed by atoms with Crippen molar-refractivity contribution in [3.63, 3.8) is 0 Å². The summed E-state index contributed by atoms with van der Waals surface area (Å²) in [6, 6.07) is 5.82. The number of aliphatic imine (C=N–C) groups is 6. The minimum Gasteiger partial charge on any atom is -0.298 e. The zero-order chi connectivity index (χ0) is 30.1. The molecule has 8 bridgehead atoms. The predicted octanol–water partition coefficient (Wildman–Crippen LogP) is 0.602. The third-order valence-corrected chi connectivity index (χ3v) is 6.75. The van der Waals surface area contributed by atoms with Gasteiger partial charge in [0, 0.05) is 93.2 Å². The molecule has 0 unspecified atom stereocenters. The zero-order valence-electron chi connectivity index (χ0n) is 24.7. The fraction of sp³-hybridized carbons (Fsp3) is 0.400. The van der Waals surface area contributed by atoms with E-state index >= 15 is 0 Å². The van der Waals surface area contributed by atoms with Gasteiger partial charge in [-0.25, -0.2) is 0 Å². The Hall–Kier alpha value is -4.82. The van der Waals surface area contributed by atoms with Gasteiger partial charge >= 0.3 is 0 Å². The van der Waals surface area contributed by atoms with E-state index in [0.717, 1.165) is 56.0 Å². The second-order valence-corrected chi connectivity index (χ2v) is 10.1. The molecule has 6 heterocycles. The number of hydrogen-bond acceptors (Lipinski definition) is 14. The highest BCUT2D eigenvalue weighted by Crippen LogP contribution is 2.00. The van der Waals surface area contributed by atoms with Gasteiger partial charge in [-0.2, -0.15) is 15.3 Å². The summed E-state index contributed by atoms with van der Waals surface area (Å²) in [5.74, 6) is 0. The van der Waals surface area contributed by atoms with E-state index in [-0.39, 0.29) is 0 Å². The molecule has 0 atom stereocenters. The van der Waals surface area contributed by atoms with Crippen molar-refractivity contribution in [2.75, 3.05) is 78.5 Å². The topological polar surface area (TPSA) is 158 Å². The van der Waals surface area contributed by atoms with E-state index in [1.165, 1.54) is 0 Å². The van der Waals surface area contributed by atoms with Gasteiger partial charge in [0.15, 0.2) is 0 Å². The third-order valence-electron chi connectivity index (χ3n) is 6.75. The highest BCUT2D eigenvalue weighted by molar-refractivity contribution is 5.85. The minimum absolute atomic E-state index is 0.600. The summed E-state index contributed by atoms with van der Waals surface area (Å²) in [5.41, 5.74) is 4.75. The molecule has 3 aromatic heterocycles. The van der Waals surface area contributed by atoms with E-state index in [9.17, 15) is 0 Å². The molecule has 0 spiro atoms. The van der Waals surface area contributed by atoms with Crippen molar-refractivity contribution in [2.24, 2.45) is 30.0 Å². The lowest BCUT2D eigenvalue weighted by Gasteiger charge is -2.19. The number of fused-ring (bicyclic) bond motifs is 12. The standard InChI is InChI=1S/C30H36N14/c1-7-43-8-2-32-17-26-14-29(41-38-20-26)23-35-5-11-44(10-4-34-22-28-13-25(16-31-1)19-37-40-28)12-6-36-24-30-15-27(21-39-42-30)18-33-3-9-43/h13-24H,1-12H2. The van der Waals surface area contributed by atoms with Gasteiger partial charge in [-0.1, -0.05) is 0 Å². The molecule has 226 valence electrons. The van der Waals surface area contributed by atoms with E-state index in [0.29, 0.717) is 56.4 Å². The summed E-state index contributed by atoms with van der Waals surface area (Å²) < 4.78 is 0. The molecular formula is C30H36N14. The maximum absolute atomic E-state index is 4.65. The molecule has 0 radical (unpaired) electrons. The monoisotopic (exact) mass is 592 g/mol. The molecule has 6 rings (SSSR count). The maximum Gasteiger partial charge on any atom is 0.104 e. The maximum atomic E-state index is 4.65.